The quantitative estimate of drug-likeness (QED) is 0.472. The Balaban J connectivity index is 2.55. The molecule has 0 aliphatic rings. The average molecular weight is 397 g/mol. The van der Waals surface area contributed by atoms with Crippen LogP contribution in [0.3, 0.4) is 0 Å². The molecule has 0 spiro atoms. The number of rotatable bonds is 9. The average Bonchev–Trinajstić information content (AvgIpc) is 2.60. The minimum atomic E-state index is -0.794. The Morgan fingerprint density at radius 3 is 1.89 bits per heavy atom. The summed E-state index contributed by atoms with van der Waals surface area (Å²) in [6.07, 6.45) is 0.663. The minimum Gasteiger partial charge on any atom is -0.349 e. The molecule has 0 aliphatic heterocycles. The number of nitrogens with one attached hydrogen (secondary N) is 4. The molecule has 0 bridgehead atoms. The van der Waals surface area contributed by atoms with Crippen LogP contribution < -0.4 is 20.8 Å². The fourth-order valence-corrected chi connectivity index (χ4v) is 2.55. The Morgan fingerprint density at radius 1 is 0.889 bits per heavy atom. The summed E-state index contributed by atoms with van der Waals surface area (Å²) in [5.41, 5.74) is 0.636. The van der Waals surface area contributed by atoms with Crippen LogP contribution in [0, 0.1) is 0 Å². The van der Waals surface area contributed by atoms with E-state index in [1.807, 2.05) is 44.2 Å². The van der Waals surface area contributed by atoms with E-state index < -0.39 is 35.5 Å². The molecule has 3 unspecified atom stereocenters. The predicted molar refractivity (Wildman–Crippen MR) is 106 cm³/mol. The van der Waals surface area contributed by atoms with Gasteiger partial charge in [-0.25, -0.2) is 4.84 Å². The van der Waals surface area contributed by atoms with Crippen molar-refractivity contribution in [3.63, 3.8) is 0 Å². The number of carbonyl (C=O) groups excluding carboxylic acids is 3. The summed E-state index contributed by atoms with van der Waals surface area (Å²) >= 11 is 5.39. The van der Waals surface area contributed by atoms with E-state index in [1.54, 1.807) is 13.8 Å². The molecule has 3 amide bonds. The zero-order chi connectivity index (χ0) is 20.6. The third-order valence-corrected chi connectivity index (χ3v) is 4.34. The molecule has 4 N–H and O–H groups in total. The zero-order valence-corrected chi connectivity index (χ0v) is 17.2. The Hall–Kier alpha value is -2.12. The van der Waals surface area contributed by atoms with Gasteiger partial charge in [0, 0.05) is 5.54 Å². The lowest BCUT2D eigenvalue weighted by Gasteiger charge is -2.29. The highest BCUT2D eigenvalue weighted by molar-refractivity contribution is 6.15. The van der Waals surface area contributed by atoms with Crippen molar-refractivity contribution in [3.05, 3.63) is 35.9 Å². The van der Waals surface area contributed by atoms with Crippen LogP contribution in [0.5, 0.6) is 0 Å². The Kier molecular flexibility index (Phi) is 8.72. The van der Waals surface area contributed by atoms with Crippen molar-refractivity contribution in [1.82, 2.24) is 20.8 Å². The Labute approximate surface area is 165 Å². The first-order valence-electron chi connectivity index (χ1n) is 8.88. The van der Waals surface area contributed by atoms with Crippen molar-refractivity contribution >= 4 is 29.5 Å². The maximum Gasteiger partial charge on any atom is 0.242 e. The van der Waals surface area contributed by atoms with Gasteiger partial charge in [-0.3, -0.25) is 14.4 Å². The lowest BCUT2D eigenvalue weighted by atomic mass is 9.94. The topological polar surface area (TPSA) is 99.3 Å². The summed E-state index contributed by atoms with van der Waals surface area (Å²) in [7, 11) is 0. The third-order valence-electron chi connectivity index (χ3n) is 4.01. The molecule has 0 saturated carbocycles. The van der Waals surface area contributed by atoms with Crippen molar-refractivity contribution in [2.24, 2.45) is 0 Å². The van der Waals surface area contributed by atoms with Gasteiger partial charge in [0.1, 0.15) is 12.1 Å². The van der Waals surface area contributed by atoms with Gasteiger partial charge >= 0.3 is 0 Å². The van der Waals surface area contributed by atoms with Gasteiger partial charge < -0.3 is 16.0 Å². The molecule has 0 aliphatic carbocycles. The summed E-state index contributed by atoms with van der Waals surface area (Å²) < 4.78 is 0. The second-order valence-electron chi connectivity index (χ2n) is 7.33. The normalized spacial score (nSPS) is 14.6. The smallest absolute Gasteiger partial charge is 0.242 e. The molecule has 0 radical (unpaired) electrons. The molecular weight excluding hydrogens is 368 g/mol. The van der Waals surface area contributed by atoms with Crippen LogP contribution in [0.25, 0.3) is 0 Å². The van der Waals surface area contributed by atoms with E-state index in [9.17, 15) is 14.4 Å². The van der Waals surface area contributed by atoms with Crippen molar-refractivity contribution < 1.29 is 14.4 Å². The maximum atomic E-state index is 12.4. The first-order valence-corrected chi connectivity index (χ1v) is 9.26. The van der Waals surface area contributed by atoms with Crippen molar-refractivity contribution in [2.45, 2.75) is 64.7 Å². The molecular formula is C19H29ClN4O3. The van der Waals surface area contributed by atoms with Gasteiger partial charge in [-0.1, -0.05) is 30.3 Å². The van der Waals surface area contributed by atoms with Crippen LogP contribution in [0.4, 0.5) is 0 Å². The van der Waals surface area contributed by atoms with Crippen molar-refractivity contribution in [1.29, 1.82) is 0 Å². The molecule has 1 aromatic rings. The van der Waals surface area contributed by atoms with Crippen LogP contribution in [0.2, 0.25) is 0 Å². The summed E-state index contributed by atoms with van der Waals surface area (Å²) in [5, 5.41) is 8.08. The van der Waals surface area contributed by atoms with Crippen LogP contribution in [0.15, 0.2) is 30.3 Å². The highest BCUT2D eigenvalue weighted by Gasteiger charge is 2.26. The van der Waals surface area contributed by atoms with Gasteiger partial charge in [-0.2, -0.15) is 0 Å². The Bertz CT molecular complexity index is 652. The van der Waals surface area contributed by atoms with Crippen LogP contribution in [0.1, 0.15) is 40.2 Å². The van der Waals surface area contributed by atoms with E-state index in [2.05, 4.69) is 20.8 Å². The minimum absolute atomic E-state index is 0.293. The predicted octanol–water partition coefficient (Wildman–Crippen LogP) is 1.27. The molecule has 8 heteroatoms. The fraction of sp³-hybridized carbons (Fsp3) is 0.526. The highest BCUT2D eigenvalue weighted by atomic mass is 35.5. The lowest BCUT2D eigenvalue weighted by molar-refractivity contribution is -0.132. The van der Waals surface area contributed by atoms with E-state index in [0.717, 1.165) is 5.56 Å². The van der Waals surface area contributed by atoms with Gasteiger partial charge in [0.25, 0.3) is 0 Å². The van der Waals surface area contributed by atoms with Gasteiger partial charge in [0.05, 0.1) is 6.04 Å². The maximum absolute atomic E-state index is 12.4. The SMILES string of the molecule is CC(NCl)C(=O)NC(C)C(=O)NC(C)C(=O)NC(C)(C)Cc1ccccc1. The van der Waals surface area contributed by atoms with E-state index in [1.165, 1.54) is 6.92 Å². The number of halogens is 1. The molecule has 0 heterocycles. The zero-order valence-electron chi connectivity index (χ0n) is 16.4. The second kappa shape index (κ2) is 10.3. The van der Waals surface area contributed by atoms with E-state index in [4.69, 9.17) is 11.8 Å². The van der Waals surface area contributed by atoms with E-state index in [0.29, 0.717) is 6.42 Å². The largest absolute Gasteiger partial charge is 0.349 e. The molecule has 0 aromatic heterocycles. The molecule has 0 saturated heterocycles. The first-order chi connectivity index (χ1) is 12.6. The summed E-state index contributed by atoms with van der Waals surface area (Å²) in [4.78, 5) is 38.7. The van der Waals surface area contributed by atoms with Crippen LogP contribution in [-0.2, 0) is 20.8 Å². The lowest BCUT2D eigenvalue weighted by Crippen LogP contribution is -2.56. The second-order valence-corrected chi connectivity index (χ2v) is 7.55. The molecule has 7 nitrogen and oxygen atoms in total. The fourth-order valence-electron chi connectivity index (χ4n) is 2.45. The monoisotopic (exact) mass is 396 g/mol. The van der Waals surface area contributed by atoms with E-state index >= 15 is 0 Å². The first kappa shape index (κ1) is 22.9. The highest BCUT2D eigenvalue weighted by Crippen LogP contribution is 2.12. The number of amides is 3. The van der Waals surface area contributed by atoms with Crippen LogP contribution >= 0.6 is 11.8 Å². The van der Waals surface area contributed by atoms with E-state index in [-0.39, 0.29) is 5.91 Å². The molecule has 1 rings (SSSR count). The van der Waals surface area contributed by atoms with Gasteiger partial charge in [-0.15, -0.1) is 0 Å². The summed E-state index contributed by atoms with van der Waals surface area (Å²) in [6, 6.07) is 7.67. The van der Waals surface area contributed by atoms with Gasteiger partial charge in [0.15, 0.2) is 0 Å². The van der Waals surface area contributed by atoms with Gasteiger partial charge in [-0.05, 0) is 58.4 Å². The summed E-state index contributed by atoms with van der Waals surface area (Å²) in [5.74, 6) is -1.15. The molecule has 150 valence electrons. The third kappa shape index (κ3) is 7.97. The number of carbonyl (C=O) groups is 3. The number of hydrogen-bond donors (Lipinski definition) is 4. The summed E-state index contributed by atoms with van der Waals surface area (Å²) in [6.45, 7) is 8.56. The molecule has 1 aromatic carbocycles. The number of hydrogen-bond acceptors (Lipinski definition) is 4. The van der Waals surface area contributed by atoms with Crippen LogP contribution in [-0.4, -0.2) is 41.4 Å². The van der Waals surface area contributed by atoms with Gasteiger partial charge in [0.2, 0.25) is 17.7 Å². The molecule has 0 fully saturated rings. The number of benzene rings is 1. The Morgan fingerprint density at radius 2 is 1.37 bits per heavy atom. The van der Waals surface area contributed by atoms with Crippen molar-refractivity contribution in [3.8, 4) is 0 Å². The molecule has 27 heavy (non-hydrogen) atoms. The molecule has 3 atom stereocenters. The van der Waals surface area contributed by atoms with Crippen molar-refractivity contribution in [2.75, 3.05) is 0 Å². The standard InChI is InChI=1S/C19H29ClN4O3/c1-12(21-17(26)14(3)24-20)16(25)22-13(2)18(27)23-19(4,5)11-15-9-7-6-8-10-15/h6-10,12-14,24H,11H2,1-5H3,(H,21,26)(H,22,25)(H,23,27).